The van der Waals surface area contributed by atoms with E-state index in [1.54, 1.807) is 28.1 Å². The first kappa shape index (κ1) is 22.9. The number of H-pyrrole nitrogens is 1. The number of aromatic amines is 1. The fraction of sp³-hybridized carbons (Fsp3) is 0.435. The van der Waals surface area contributed by atoms with Gasteiger partial charge in [-0.15, -0.1) is 0 Å². The second-order valence-electron chi connectivity index (χ2n) is 8.20. The van der Waals surface area contributed by atoms with Gasteiger partial charge in [-0.1, -0.05) is 6.07 Å². The molecule has 0 saturated carbocycles. The monoisotopic (exact) mass is 460 g/mol. The Labute approximate surface area is 190 Å². The molecular formula is C23H26F2N4O4. The number of likely N-dealkylation sites (tertiary alicyclic amines) is 1. The van der Waals surface area contributed by atoms with Crippen LogP contribution in [0.5, 0.6) is 5.75 Å². The number of rotatable bonds is 7. The summed E-state index contributed by atoms with van der Waals surface area (Å²) in [4.78, 5) is 46.2. The normalized spacial score (nSPS) is 16.9. The van der Waals surface area contributed by atoms with E-state index in [1.807, 2.05) is 4.90 Å². The van der Waals surface area contributed by atoms with Crippen LogP contribution in [-0.4, -0.2) is 89.7 Å². The summed E-state index contributed by atoms with van der Waals surface area (Å²) in [6.45, 7) is 0.570. The van der Waals surface area contributed by atoms with Crippen LogP contribution in [0.3, 0.4) is 0 Å². The lowest BCUT2D eigenvalue weighted by molar-refractivity contribution is -0.0499. The first-order chi connectivity index (χ1) is 15.9. The molecule has 176 valence electrons. The summed E-state index contributed by atoms with van der Waals surface area (Å²) < 4.78 is 29.2. The maximum absolute atomic E-state index is 12.7. The molecule has 2 aromatic rings. The maximum Gasteiger partial charge on any atom is 0.387 e. The van der Waals surface area contributed by atoms with Crippen molar-refractivity contribution in [1.29, 1.82) is 0 Å². The molecule has 1 aromatic carbocycles. The maximum atomic E-state index is 12.7. The van der Waals surface area contributed by atoms with Crippen molar-refractivity contribution in [2.24, 2.45) is 0 Å². The van der Waals surface area contributed by atoms with E-state index in [0.717, 1.165) is 25.9 Å². The summed E-state index contributed by atoms with van der Waals surface area (Å²) in [7, 11) is 0. The van der Waals surface area contributed by atoms with Crippen LogP contribution in [0.4, 0.5) is 8.78 Å². The smallest absolute Gasteiger partial charge is 0.387 e. The van der Waals surface area contributed by atoms with Crippen LogP contribution < -0.4 is 4.74 Å². The fourth-order valence-corrected chi connectivity index (χ4v) is 4.16. The lowest BCUT2D eigenvalue weighted by atomic mass is 10.1. The summed E-state index contributed by atoms with van der Waals surface area (Å²) in [6, 6.07) is 7.34. The highest BCUT2D eigenvalue weighted by atomic mass is 19.3. The number of benzene rings is 1. The molecule has 8 nitrogen and oxygen atoms in total. The molecule has 10 heteroatoms. The Hall–Kier alpha value is -3.27. The molecule has 0 aliphatic carbocycles. The summed E-state index contributed by atoms with van der Waals surface area (Å²) in [5.41, 5.74) is 1.17. The molecular weight excluding hydrogens is 434 g/mol. The van der Waals surface area contributed by atoms with E-state index in [0.29, 0.717) is 37.4 Å². The van der Waals surface area contributed by atoms with Crippen molar-refractivity contribution in [2.75, 3.05) is 45.8 Å². The van der Waals surface area contributed by atoms with Crippen molar-refractivity contribution >= 4 is 17.6 Å². The highest BCUT2D eigenvalue weighted by molar-refractivity contribution is 6.01. The molecule has 0 spiro atoms. The molecule has 0 radical (unpaired) electrons. The Morgan fingerprint density at radius 2 is 1.61 bits per heavy atom. The van der Waals surface area contributed by atoms with Crippen LogP contribution in [0.2, 0.25) is 0 Å². The topological polar surface area (TPSA) is 86.0 Å². The molecule has 2 saturated heterocycles. The Kier molecular flexibility index (Phi) is 7.02. The second-order valence-corrected chi connectivity index (χ2v) is 8.20. The average Bonchev–Trinajstić information content (AvgIpc) is 3.51. The predicted molar refractivity (Wildman–Crippen MR) is 116 cm³/mol. The first-order valence-electron chi connectivity index (χ1n) is 11.0. The van der Waals surface area contributed by atoms with Crippen molar-refractivity contribution in [2.45, 2.75) is 19.5 Å². The lowest BCUT2D eigenvalue weighted by Crippen LogP contribution is -2.49. The largest absolute Gasteiger partial charge is 0.435 e. The van der Waals surface area contributed by atoms with E-state index in [4.69, 9.17) is 0 Å². The summed E-state index contributed by atoms with van der Waals surface area (Å²) in [5.74, 6) is -0.504. The van der Waals surface area contributed by atoms with Gasteiger partial charge in [-0.3, -0.25) is 19.3 Å². The predicted octanol–water partition coefficient (Wildman–Crippen LogP) is 2.49. The van der Waals surface area contributed by atoms with Crippen molar-refractivity contribution in [3.05, 3.63) is 53.3 Å². The highest BCUT2D eigenvalue weighted by Crippen LogP contribution is 2.18. The number of nitrogens with one attached hydrogen (secondary N) is 1. The molecule has 2 aliphatic rings. The van der Waals surface area contributed by atoms with Gasteiger partial charge >= 0.3 is 6.61 Å². The molecule has 0 atom stereocenters. The standard InChI is InChI=1S/C23H26F2N4O4/c24-23(25)33-18-5-3-4-16(12-18)21(31)29-10-8-27(9-11-29)15-20(30)17-13-19(26-14-17)22(32)28-6-1-2-7-28/h3-5,12-14,23,26H,1-2,6-11,15H2. The number of ketones is 1. The molecule has 2 fully saturated rings. The van der Waals surface area contributed by atoms with Crippen molar-refractivity contribution < 1.29 is 27.9 Å². The van der Waals surface area contributed by atoms with Crippen molar-refractivity contribution in [1.82, 2.24) is 19.7 Å². The van der Waals surface area contributed by atoms with Crippen LogP contribution >= 0.6 is 0 Å². The van der Waals surface area contributed by atoms with Gasteiger partial charge in [0, 0.05) is 56.6 Å². The fourth-order valence-electron chi connectivity index (χ4n) is 4.16. The third-order valence-electron chi connectivity index (χ3n) is 5.96. The molecule has 2 aliphatic heterocycles. The molecule has 2 amide bonds. The molecule has 0 unspecified atom stereocenters. The van der Waals surface area contributed by atoms with E-state index in [-0.39, 0.29) is 35.5 Å². The van der Waals surface area contributed by atoms with Crippen LogP contribution in [0.15, 0.2) is 36.5 Å². The average molecular weight is 460 g/mol. The number of carbonyl (C=O) groups excluding carboxylic acids is 3. The van der Waals surface area contributed by atoms with Gasteiger partial charge in [0.1, 0.15) is 11.4 Å². The third kappa shape index (κ3) is 5.57. The molecule has 1 aromatic heterocycles. The van der Waals surface area contributed by atoms with Gasteiger partial charge in [0.25, 0.3) is 11.8 Å². The van der Waals surface area contributed by atoms with Crippen LogP contribution in [0, 0.1) is 0 Å². The lowest BCUT2D eigenvalue weighted by Gasteiger charge is -2.34. The van der Waals surface area contributed by atoms with Crippen LogP contribution in [-0.2, 0) is 0 Å². The van der Waals surface area contributed by atoms with Gasteiger partial charge in [0.2, 0.25) is 0 Å². The van der Waals surface area contributed by atoms with Gasteiger partial charge in [-0.05, 0) is 37.1 Å². The quantitative estimate of drug-likeness (QED) is 0.642. The number of piperazine rings is 1. The number of alkyl halides is 2. The first-order valence-corrected chi connectivity index (χ1v) is 11.0. The Morgan fingerprint density at radius 1 is 0.909 bits per heavy atom. The van der Waals surface area contributed by atoms with Gasteiger partial charge in [0.05, 0.1) is 6.54 Å². The number of nitrogens with zero attached hydrogens (tertiary/aromatic N) is 3. The molecule has 1 N–H and O–H groups in total. The minimum Gasteiger partial charge on any atom is -0.435 e. The number of amides is 2. The Bertz CT molecular complexity index is 1010. The van der Waals surface area contributed by atoms with E-state index < -0.39 is 6.61 Å². The Balaban J connectivity index is 1.28. The Morgan fingerprint density at radius 3 is 2.30 bits per heavy atom. The van der Waals surface area contributed by atoms with Crippen molar-refractivity contribution in [3.63, 3.8) is 0 Å². The van der Waals surface area contributed by atoms with E-state index in [1.165, 1.54) is 18.2 Å². The zero-order valence-electron chi connectivity index (χ0n) is 18.1. The van der Waals surface area contributed by atoms with Gasteiger partial charge < -0.3 is 19.5 Å². The van der Waals surface area contributed by atoms with E-state index >= 15 is 0 Å². The van der Waals surface area contributed by atoms with Crippen molar-refractivity contribution in [3.8, 4) is 5.75 Å². The summed E-state index contributed by atoms with van der Waals surface area (Å²) in [6.07, 6.45) is 3.57. The van der Waals surface area contributed by atoms with E-state index in [9.17, 15) is 23.2 Å². The van der Waals surface area contributed by atoms with Gasteiger partial charge in [-0.2, -0.15) is 8.78 Å². The molecule has 33 heavy (non-hydrogen) atoms. The summed E-state index contributed by atoms with van der Waals surface area (Å²) in [5, 5.41) is 0. The number of hydrogen-bond acceptors (Lipinski definition) is 5. The SMILES string of the molecule is O=C(CN1CCN(C(=O)c2cccc(OC(F)F)c2)CC1)c1c[nH]c(C(=O)N2CCCC2)c1. The number of ether oxygens (including phenoxy) is 1. The zero-order chi connectivity index (χ0) is 23.4. The minimum atomic E-state index is -2.95. The summed E-state index contributed by atoms with van der Waals surface area (Å²) >= 11 is 0. The number of halogens is 2. The highest BCUT2D eigenvalue weighted by Gasteiger charge is 2.25. The zero-order valence-corrected chi connectivity index (χ0v) is 18.1. The molecule has 0 bridgehead atoms. The third-order valence-corrected chi connectivity index (χ3v) is 5.96. The number of Topliss-reactive ketones (excluding diaryl/α,β-unsaturated/α-hetero) is 1. The molecule has 3 heterocycles. The minimum absolute atomic E-state index is 0.0610. The van der Waals surface area contributed by atoms with E-state index in [2.05, 4.69) is 9.72 Å². The number of aromatic nitrogens is 1. The van der Waals surface area contributed by atoms with Gasteiger partial charge in [-0.25, -0.2) is 0 Å². The van der Waals surface area contributed by atoms with Gasteiger partial charge in [0.15, 0.2) is 5.78 Å². The second kappa shape index (κ2) is 10.1. The van der Waals surface area contributed by atoms with Crippen LogP contribution in [0.25, 0.3) is 0 Å². The number of carbonyl (C=O) groups is 3. The molecule has 4 rings (SSSR count). The number of hydrogen-bond donors (Lipinski definition) is 1. The van der Waals surface area contributed by atoms with Crippen LogP contribution in [0.1, 0.15) is 44.0 Å².